The Balaban J connectivity index is 1.56. The molecule has 0 unspecified atom stereocenters. The molecule has 13 heteroatoms. The molecule has 0 spiro atoms. The van der Waals surface area contributed by atoms with Gasteiger partial charge in [0.2, 0.25) is 5.91 Å². The van der Waals surface area contributed by atoms with Gasteiger partial charge < -0.3 is 19.9 Å². The highest BCUT2D eigenvalue weighted by molar-refractivity contribution is 7.99. The highest BCUT2D eigenvalue weighted by Gasteiger charge is 2.16. The van der Waals surface area contributed by atoms with Crippen LogP contribution < -0.4 is 10.6 Å². The van der Waals surface area contributed by atoms with Crippen LogP contribution in [0.2, 0.25) is 0 Å². The van der Waals surface area contributed by atoms with Crippen molar-refractivity contribution in [3.8, 4) is 0 Å². The molecule has 2 aromatic carbocycles. The Hall–Kier alpha value is -4.26. The lowest BCUT2D eigenvalue weighted by Crippen LogP contribution is -2.25. The van der Waals surface area contributed by atoms with Gasteiger partial charge in [-0.3, -0.25) is 19.7 Å². The molecule has 3 aromatic rings. The zero-order valence-corrected chi connectivity index (χ0v) is 21.1. The minimum Gasteiger partial charge on any atom is -0.462 e. The van der Waals surface area contributed by atoms with Gasteiger partial charge in [0, 0.05) is 29.9 Å². The zero-order valence-electron chi connectivity index (χ0n) is 20.3. The zero-order chi connectivity index (χ0) is 26.8. The van der Waals surface area contributed by atoms with Crippen LogP contribution in [0.5, 0.6) is 0 Å². The van der Waals surface area contributed by atoms with E-state index in [9.17, 15) is 24.5 Å². The lowest BCUT2D eigenvalue weighted by atomic mass is 10.2. The van der Waals surface area contributed by atoms with Crippen LogP contribution in [0, 0.1) is 10.1 Å². The van der Waals surface area contributed by atoms with E-state index >= 15 is 0 Å². The van der Waals surface area contributed by atoms with Crippen LogP contribution in [0.4, 0.5) is 11.4 Å². The van der Waals surface area contributed by atoms with E-state index in [4.69, 9.17) is 4.74 Å². The highest BCUT2D eigenvalue weighted by atomic mass is 32.2. The van der Waals surface area contributed by atoms with Crippen molar-refractivity contribution in [2.75, 3.05) is 17.7 Å². The maximum atomic E-state index is 12.5. The van der Waals surface area contributed by atoms with Crippen LogP contribution in [-0.2, 0) is 22.6 Å². The molecule has 0 saturated heterocycles. The van der Waals surface area contributed by atoms with Gasteiger partial charge in [0.1, 0.15) is 0 Å². The molecule has 1 aromatic heterocycles. The molecule has 37 heavy (non-hydrogen) atoms. The number of hydrogen-bond acceptors (Lipinski definition) is 9. The fourth-order valence-corrected chi connectivity index (χ4v) is 4.05. The molecule has 2 amide bonds. The first kappa shape index (κ1) is 27.3. The monoisotopic (exact) mass is 526 g/mol. The van der Waals surface area contributed by atoms with Crippen molar-refractivity contribution in [2.45, 2.75) is 38.5 Å². The quantitative estimate of drug-likeness (QED) is 0.156. The summed E-state index contributed by atoms with van der Waals surface area (Å²) >= 11 is 1.18. The number of aromatic nitrogens is 3. The van der Waals surface area contributed by atoms with Crippen LogP contribution in [-0.4, -0.2) is 49.8 Å². The molecule has 0 atom stereocenters. The first-order chi connectivity index (χ1) is 17.8. The molecule has 2 N–H and O–H groups in total. The van der Waals surface area contributed by atoms with Gasteiger partial charge in [0.25, 0.3) is 11.6 Å². The summed E-state index contributed by atoms with van der Waals surface area (Å²) in [4.78, 5) is 47.3. The molecule has 0 saturated carbocycles. The Kier molecular flexibility index (Phi) is 9.72. The molecule has 0 aliphatic carbocycles. The van der Waals surface area contributed by atoms with Crippen LogP contribution in [0.3, 0.4) is 0 Å². The van der Waals surface area contributed by atoms with Gasteiger partial charge in [0.05, 0.1) is 29.4 Å². The van der Waals surface area contributed by atoms with Gasteiger partial charge in [-0.2, -0.15) is 0 Å². The van der Waals surface area contributed by atoms with Crippen LogP contribution in [0.1, 0.15) is 46.8 Å². The highest BCUT2D eigenvalue weighted by Crippen LogP contribution is 2.19. The standard InChI is InChI=1S/C24H26N6O6S/c1-3-11-36-23(33)17-8-5-9-18(12-17)26-21(31)15-37-24-28-27-20(29(24)4-2)14-25-22(32)16-7-6-10-19(13-16)30(34)35/h5-10,12-13H,3-4,11,14-15H2,1-2H3,(H,25,32)(H,26,31). The number of nitro groups is 1. The minimum absolute atomic E-state index is 0.0443. The fourth-order valence-electron chi connectivity index (χ4n) is 3.23. The number of carbonyl (C=O) groups is 3. The number of hydrogen-bond donors (Lipinski definition) is 2. The minimum atomic E-state index is -0.567. The van der Waals surface area contributed by atoms with Crippen molar-refractivity contribution in [2.24, 2.45) is 0 Å². The van der Waals surface area contributed by atoms with Crippen molar-refractivity contribution in [1.82, 2.24) is 20.1 Å². The third-order valence-electron chi connectivity index (χ3n) is 4.99. The normalized spacial score (nSPS) is 10.5. The van der Waals surface area contributed by atoms with Gasteiger partial charge in [-0.05, 0) is 37.6 Å². The van der Waals surface area contributed by atoms with Gasteiger partial charge in [0.15, 0.2) is 11.0 Å². The van der Waals surface area contributed by atoms with Crippen LogP contribution in [0.15, 0.2) is 53.7 Å². The number of nitro benzene ring substituents is 1. The molecule has 194 valence electrons. The summed E-state index contributed by atoms with van der Waals surface area (Å²) in [7, 11) is 0. The van der Waals surface area contributed by atoms with Crippen molar-refractivity contribution in [1.29, 1.82) is 0 Å². The summed E-state index contributed by atoms with van der Waals surface area (Å²) in [5, 5.41) is 25.1. The average Bonchev–Trinajstić information content (AvgIpc) is 3.31. The number of carbonyl (C=O) groups excluding carboxylic acids is 3. The van der Waals surface area contributed by atoms with E-state index in [1.807, 2.05) is 13.8 Å². The Labute approximate surface area is 216 Å². The summed E-state index contributed by atoms with van der Waals surface area (Å²) < 4.78 is 6.88. The van der Waals surface area contributed by atoms with Crippen LogP contribution >= 0.6 is 11.8 Å². The maximum Gasteiger partial charge on any atom is 0.338 e. The van der Waals surface area contributed by atoms with Gasteiger partial charge in [-0.1, -0.05) is 30.8 Å². The molecule has 3 rings (SSSR count). The summed E-state index contributed by atoms with van der Waals surface area (Å²) in [6, 6.07) is 11.9. The smallest absolute Gasteiger partial charge is 0.338 e. The van der Waals surface area contributed by atoms with Gasteiger partial charge >= 0.3 is 5.97 Å². The molecular weight excluding hydrogens is 500 g/mol. The molecule has 0 aliphatic heterocycles. The van der Waals surface area contributed by atoms with Crippen molar-refractivity contribution in [3.05, 3.63) is 75.6 Å². The van der Waals surface area contributed by atoms with Crippen molar-refractivity contribution < 1.29 is 24.0 Å². The number of nitrogens with zero attached hydrogens (tertiary/aromatic N) is 4. The van der Waals surface area contributed by atoms with Crippen molar-refractivity contribution >= 4 is 40.9 Å². The summed E-state index contributed by atoms with van der Waals surface area (Å²) in [6.45, 7) is 4.66. The van der Waals surface area contributed by atoms with E-state index in [1.165, 1.54) is 36.0 Å². The molecule has 0 aliphatic rings. The maximum absolute atomic E-state index is 12.5. The third-order valence-corrected chi connectivity index (χ3v) is 5.95. The van der Waals surface area contributed by atoms with E-state index in [2.05, 4.69) is 20.8 Å². The topological polar surface area (TPSA) is 158 Å². The number of thioether (sulfide) groups is 1. The number of benzene rings is 2. The lowest BCUT2D eigenvalue weighted by molar-refractivity contribution is -0.384. The Bertz CT molecular complexity index is 1290. The number of rotatable bonds is 12. The second-order valence-corrected chi connectivity index (χ2v) is 8.63. The van der Waals surface area contributed by atoms with Gasteiger partial charge in [-0.15, -0.1) is 10.2 Å². The predicted molar refractivity (Wildman–Crippen MR) is 136 cm³/mol. The fraction of sp³-hybridized carbons (Fsp3) is 0.292. The lowest BCUT2D eigenvalue weighted by Gasteiger charge is -2.09. The van der Waals surface area contributed by atoms with E-state index in [0.717, 1.165) is 0 Å². The molecule has 0 fully saturated rings. The second kappa shape index (κ2) is 13.2. The predicted octanol–water partition coefficient (Wildman–Crippen LogP) is 3.43. The number of non-ortho nitro benzene ring substituents is 1. The molecular formula is C24H26N6O6S. The van der Waals surface area contributed by atoms with Gasteiger partial charge in [-0.25, -0.2) is 4.79 Å². The SMILES string of the molecule is CCCOC(=O)c1cccc(NC(=O)CSc2nnc(CNC(=O)c3cccc([N+](=O)[O-])c3)n2CC)c1. The van der Waals surface area contributed by atoms with E-state index < -0.39 is 16.8 Å². The molecule has 12 nitrogen and oxygen atoms in total. The number of nitrogens with one attached hydrogen (secondary N) is 2. The van der Waals surface area contributed by atoms with E-state index in [1.54, 1.807) is 28.8 Å². The van der Waals surface area contributed by atoms with Crippen molar-refractivity contribution in [3.63, 3.8) is 0 Å². The van der Waals surface area contributed by atoms with Crippen LogP contribution in [0.25, 0.3) is 0 Å². The molecule has 0 radical (unpaired) electrons. The number of ether oxygens (including phenoxy) is 1. The summed E-state index contributed by atoms with van der Waals surface area (Å²) in [6.07, 6.45) is 0.716. The average molecular weight is 527 g/mol. The largest absolute Gasteiger partial charge is 0.462 e. The Morgan fingerprint density at radius 1 is 1.08 bits per heavy atom. The Morgan fingerprint density at radius 3 is 2.57 bits per heavy atom. The first-order valence-corrected chi connectivity index (χ1v) is 12.5. The molecule has 1 heterocycles. The molecule has 0 bridgehead atoms. The number of esters is 1. The van der Waals surface area contributed by atoms with E-state index in [-0.39, 0.29) is 29.5 Å². The number of anilines is 1. The first-order valence-electron chi connectivity index (χ1n) is 11.5. The second-order valence-electron chi connectivity index (χ2n) is 7.69. The van der Waals surface area contributed by atoms with E-state index in [0.29, 0.717) is 41.8 Å². The Morgan fingerprint density at radius 2 is 1.84 bits per heavy atom. The summed E-state index contributed by atoms with van der Waals surface area (Å²) in [5.74, 6) is -0.710. The third kappa shape index (κ3) is 7.61. The summed E-state index contributed by atoms with van der Waals surface area (Å²) in [5.41, 5.74) is 0.801. The number of amides is 2.